The van der Waals surface area contributed by atoms with Gasteiger partial charge in [0.2, 0.25) is 11.8 Å². The molecule has 1 heterocycles. The van der Waals surface area contributed by atoms with Gasteiger partial charge in [0.25, 0.3) is 0 Å². The molecule has 1 unspecified atom stereocenters. The number of para-hydroxylation sites is 1. The Morgan fingerprint density at radius 3 is 2.54 bits per heavy atom. The molecule has 1 aliphatic rings. The highest BCUT2D eigenvalue weighted by Crippen LogP contribution is 2.29. The SMILES string of the molecule is O=C(NCc1cccc(C(F)(F)F)c1)C1CC(=O)N(c2ccccc2)C1. The first-order chi connectivity index (χ1) is 12.3. The predicted molar refractivity (Wildman–Crippen MR) is 90.2 cm³/mol. The van der Waals surface area contributed by atoms with Crippen molar-refractivity contribution in [1.29, 1.82) is 0 Å². The van der Waals surface area contributed by atoms with Gasteiger partial charge in [-0.05, 0) is 29.8 Å². The zero-order chi connectivity index (χ0) is 18.7. The Morgan fingerprint density at radius 2 is 1.85 bits per heavy atom. The summed E-state index contributed by atoms with van der Waals surface area (Å²) in [5.74, 6) is -1.00. The molecule has 0 spiro atoms. The topological polar surface area (TPSA) is 49.4 Å². The van der Waals surface area contributed by atoms with E-state index in [1.165, 1.54) is 12.1 Å². The molecule has 4 nitrogen and oxygen atoms in total. The van der Waals surface area contributed by atoms with Crippen molar-refractivity contribution in [1.82, 2.24) is 5.32 Å². The highest BCUT2D eigenvalue weighted by atomic mass is 19.4. The summed E-state index contributed by atoms with van der Waals surface area (Å²) in [5.41, 5.74) is 0.332. The zero-order valence-corrected chi connectivity index (χ0v) is 13.8. The van der Waals surface area contributed by atoms with E-state index in [0.717, 1.165) is 17.8 Å². The lowest BCUT2D eigenvalue weighted by molar-refractivity contribution is -0.137. The fourth-order valence-electron chi connectivity index (χ4n) is 2.93. The summed E-state index contributed by atoms with van der Waals surface area (Å²) in [5, 5.41) is 2.63. The molecule has 1 atom stereocenters. The number of nitrogens with zero attached hydrogens (tertiary/aromatic N) is 1. The number of carbonyl (C=O) groups excluding carboxylic acids is 2. The molecule has 2 aromatic rings. The molecule has 2 aromatic carbocycles. The number of hydrogen-bond donors (Lipinski definition) is 1. The Bertz CT molecular complexity index is 806. The van der Waals surface area contributed by atoms with E-state index in [-0.39, 0.29) is 31.3 Å². The maximum atomic E-state index is 12.7. The van der Waals surface area contributed by atoms with Crippen molar-refractivity contribution in [3.8, 4) is 0 Å². The Balaban J connectivity index is 1.60. The standard InChI is InChI=1S/C19H17F3N2O2/c20-19(21,22)15-6-4-5-13(9-15)11-23-18(26)14-10-17(25)24(12-14)16-7-2-1-3-8-16/h1-9,14H,10-12H2,(H,23,26). The van der Waals surface area contributed by atoms with Gasteiger partial charge in [0.1, 0.15) is 0 Å². The summed E-state index contributed by atoms with van der Waals surface area (Å²) in [4.78, 5) is 26.0. The minimum Gasteiger partial charge on any atom is -0.352 e. The minimum absolute atomic E-state index is 0.0151. The van der Waals surface area contributed by atoms with Crippen molar-refractivity contribution in [3.63, 3.8) is 0 Å². The van der Waals surface area contributed by atoms with E-state index in [4.69, 9.17) is 0 Å². The summed E-state index contributed by atoms with van der Waals surface area (Å²) in [6.45, 7) is 0.246. The van der Waals surface area contributed by atoms with E-state index in [0.29, 0.717) is 5.56 Å². The fraction of sp³-hybridized carbons (Fsp3) is 0.263. The van der Waals surface area contributed by atoms with Gasteiger partial charge in [-0.3, -0.25) is 9.59 Å². The molecule has 0 bridgehead atoms. The Morgan fingerprint density at radius 1 is 1.12 bits per heavy atom. The predicted octanol–water partition coefficient (Wildman–Crippen LogP) is 3.37. The first-order valence-corrected chi connectivity index (χ1v) is 8.14. The second-order valence-electron chi connectivity index (χ2n) is 6.16. The van der Waals surface area contributed by atoms with E-state index in [1.807, 2.05) is 18.2 Å². The van der Waals surface area contributed by atoms with Gasteiger partial charge in [-0.25, -0.2) is 0 Å². The monoisotopic (exact) mass is 362 g/mol. The first kappa shape index (κ1) is 18.0. The number of amides is 2. The number of halogens is 3. The third-order valence-corrected chi connectivity index (χ3v) is 4.28. The number of benzene rings is 2. The van der Waals surface area contributed by atoms with Gasteiger partial charge in [0, 0.05) is 25.2 Å². The molecule has 1 aliphatic heterocycles. The van der Waals surface area contributed by atoms with Gasteiger partial charge in [-0.1, -0.05) is 30.3 Å². The van der Waals surface area contributed by atoms with Crippen LogP contribution in [-0.2, 0) is 22.3 Å². The summed E-state index contributed by atoms with van der Waals surface area (Å²) in [6, 6.07) is 13.9. The average molecular weight is 362 g/mol. The van der Waals surface area contributed by atoms with Crippen LogP contribution in [0.5, 0.6) is 0 Å². The van der Waals surface area contributed by atoms with Gasteiger partial charge >= 0.3 is 6.18 Å². The summed E-state index contributed by atoms with van der Waals surface area (Å²) < 4.78 is 38.2. The van der Waals surface area contributed by atoms with Gasteiger partial charge in [0.15, 0.2) is 0 Å². The van der Waals surface area contributed by atoms with Crippen LogP contribution in [-0.4, -0.2) is 18.4 Å². The summed E-state index contributed by atoms with van der Waals surface area (Å²) in [6.07, 6.45) is -4.34. The Kier molecular flexibility index (Phi) is 4.97. The van der Waals surface area contributed by atoms with E-state index in [2.05, 4.69) is 5.32 Å². The van der Waals surface area contributed by atoms with Gasteiger partial charge < -0.3 is 10.2 Å². The third-order valence-electron chi connectivity index (χ3n) is 4.28. The molecule has 1 saturated heterocycles. The Labute approximate surface area is 148 Å². The van der Waals surface area contributed by atoms with E-state index in [1.54, 1.807) is 17.0 Å². The van der Waals surface area contributed by atoms with Crippen molar-refractivity contribution in [2.75, 3.05) is 11.4 Å². The molecular formula is C19H17F3N2O2. The molecule has 1 N–H and O–H groups in total. The number of rotatable bonds is 4. The highest BCUT2D eigenvalue weighted by Gasteiger charge is 2.35. The molecule has 1 fully saturated rings. The summed E-state index contributed by atoms with van der Waals surface area (Å²) in [7, 11) is 0. The second kappa shape index (κ2) is 7.19. The Hall–Kier alpha value is -2.83. The minimum atomic E-state index is -4.42. The van der Waals surface area contributed by atoms with Crippen LogP contribution in [0, 0.1) is 5.92 Å². The molecule has 7 heteroatoms. The molecule has 0 radical (unpaired) electrons. The smallest absolute Gasteiger partial charge is 0.352 e. The fourth-order valence-corrected chi connectivity index (χ4v) is 2.93. The highest BCUT2D eigenvalue weighted by molar-refractivity contribution is 6.00. The number of carbonyl (C=O) groups is 2. The van der Waals surface area contributed by atoms with Crippen LogP contribution in [0.4, 0.5) is 18.9 Å². The molecule has 136 valence electrons. The quantitative estimate of drug-likeness (QED) is 0.907. The lowest BCUT2D eigenvalue weighted by Crippen LogP contribution is -2.32. The second-order valence-corrected chi connectivity index (χ2v) is 6.16. The average Bonchev–Trinajstić information content (AvgIpc) is 3.02. The lowest BCUT2D eigenvalue weighted by atomic mass is 10.1. The molecule has 0 saturated carbocycles. The maximum absolute atomic E-state index is 12.7. The number of alkyl halides is 3. The van der Waals surface area contributed by atoms with Crippen molar-refractivity contribution < 1.29 is 22.8 Å². The van der Waals surface area contributed by atoms with Gasteiger partial charge in [-0.15, -0.1) is 0 Å². The third kappa shape index (κ3) is 4.04. The number of nitrogens with one attached hydrogen (secondary N) is 1. The molecule has 0 aromatic heterocycles. The number of hydrogen-bond acceptors (Lipinski definition) is 2. The van der Waals surface area contributed by atoms with E-state index < -0.39 is 17.7 Å². The van der Waals surface area contributed by atoms with Crippen LogP contribution in [0.2, 0.25) is 0 Å². The normalized spacial score (nSPS) is 17.4. The zero-order valence-electron chi connectivity index (χ0n) is 13.8. The van der Waals surface area contributed by atoms with Crippen LogP contribution >= 0.6 is 0 Å². The van der Waals surface area contributed by atoms with Crippen molar-refractivity contribution in [3.05, 3.63) is 65.7 Å². The molecule has 0 aliphatic carbocycles. The summed E-state index contributed by atoms with van der Waals surface area (Å²) >= 11 is 0. The first-order valence-electron chi connectivity index (χ1n) is 8.14. The molecule has 3 rings (SSSR count). The van der Waals surface area contributed by atoms with Crippen LogP contribution in [0.3, 0.4) is 0 Å². The number of anilines is 1. The van der Waals surface area contributed by atoms with Crippen LogP contribution < -0.4 is 10.2 Å². The van der Waals surface area contributed by atoms with E-state index >= 15 is 0 Å². The van der Waals surface area contributed by atoms with Gasteiger partial charge in [-0.2, -0.15) is 13.2 Å². The largest absolute Gasteiger partial charge is 0.416 e. The van der Waals surface area contributed by atoms with Crippen molar-refractivity contribution in [2.24, 2.45) is 5.92 Å². The van der Waals surface area contributed by atoms with Gasteiger partial charge in [0.05, 0.1) is 11.5 Å². The van der Waals surface area contributed by atoms with Crippen LogP contribution in [0.1, 0.15) is 17.5 Å². The molecular weight excluding hydrogens is 345 g/mol. The maximum Gasteiger partial charge on any atom is 0.416 e. The molecule has 26 heavy (non-hydrogen) atoms. The van der Waals surface area contributed by atoms with Crippen molar-refractivity contribution in [2.45, 2.75) is 19.1 Å². The van der Waals surface area contributed by atoms with Crippen LogP contribution in [0.25, 0.3) is 0 Å². The van der Waals surface area contributed by atoms with Crippen LogP contribution in [0.15, 0.2) is 54.6 Å². The van der Waals surface area contributed by atoms with E-state index in [9.17, 15) is 22.8 Å². The molecule has 2 amide bonds. The van der Waals surface area contributed by atoms with Crippen molar-refractivity contribution >= 4 is 17.5 Å². The lowest BCUT2D eigenvalue weighted by Gasteiger charge is -2.16.